The van der Waals surface area contributed by atoms with E-state index in [4.69, 9.17) is 15.6 Å². The van der Waals surface area contributed by atoms with E-state index in [2.05, 4.69) is 5.32 Å². The van der Waals surface area contributed by atoms with Crippen molar-refractivity contribution in [3.05, 3.63) is 0 Å². The topological polar surface area (TPSA) is 84.6 Å². The van der Waals surface area contributed by atoms with Gasteiger partial charge in [-0.05, 0) is 0 Å². The van der Waals surface area contributed by atoms with Crippen LogP contribution in [-0.2, 0) is 9.53 Å². The molecule has 0 amide bonds. The van der Waals surface area contributed by atoms with Gasteiger partial charge in [0.1, 0.15) is 6.10 Å². The van der Waals surface area contributed by atoms with E-state index in [-0.39, 0.29) is 12.3 Å². The molecule has 0 spiro atoms. The molecular formula is C6H12N2O3. The minimum Gasteiger partial charge on any atom is -0.384 e. The van der Waals surface area contributed by atoms with E-state index in [0.29, 0.717) is 13.2 Å². The van der Waals surface area contributed by atoms with Gasteiger partial charge in [-0.1, -0.05) is 0 Å². The van der Waals surface area contributed by atoms with Crippen molar-refractivity contribution in [3.8, 4) is 0 Å². The van der Waals surface area contributed by atoms with Crippen molar-refractivity contribution in [2.24, 2.45) is 5.73 Å². The smallest absolute Gasteiger partial charge is 0.205 e. The molecule has 1 aliphatic rings. The highest BCUT2D eigenvalue weighted by molar-refractivity contribution is 5.87. The van der Waals surface area contributed by atoms with E-state index >= 15 is 0 Å². The van der Waals surface area contributed by atoms with Crippen LogP contribution in [0.25, 0.3) is 0 Å². The average Bonchev–Trinajstić information content (AvgIpc) is 2.53. The first kappa shape index (κ1) is 8.61. The van der Waals surface area contributed by atoms with E-state index in [0.717, 1.165) is 0 Å². The molecule has 1 rings (SSSR count). The lowest BCUT2D eigenvalue weighted by atomic mass is 10.2. The number of aliphatic hydroxyl groups excluding tert-OH is 1. The first-order valence-corrected chi connectivity index (χ1v) is 3.52. The van der Waals surface area contributed by atoms with Crippen LogP contribution in [0.15, 0.2) is 0 Å². The third kappa shape index (κ3) is 1.97. The molecule has 5 heteroatoms. The van der Waals surface area contributed by atoms with E-state index < -0.39 is 12.3 Å². The molecule has 2 unspecified atom stereocenters. The monoisotopic (exact) mass is 160 g/mol. The molecule has 1 saturated heterocycles. The number of nitrogens with one attached hydrogen (secondary N) is 1. The van der Waals surface area contributed by atoms with Crippen molar-refractivity contribution in [1.29, 1.82) is 0 Å². The van der Waals surface area contributed by atoms with E-state index in [1.165, 1.54) is 0 Å². The molecule has 0 saturated carbocycles. The molecule has 0 aromatic heterocycles. The van der Waals surface area contributed by atoms with Crippen molar-refractivity contribution in [1.82, 2.24) is 5.32 Å². The van der Waals surface area contributed by atoms with Gasteiger partial charge in [0, 0.05) is 13.1 Å². The SMILES string of the molecule is NCC(O)C(=O)C1NCCO1. The summed E-state index contributed by atoms with van der Waals surface area (Å²) in [7, 11) is 0. The zero-order valence-electron chi connectivity index (χ0n) is 6.12. The maximum absolute atomic E-state index is 11.1. The molecule has 11 heavy (non-hydrogen) atoms. The third-order valence-corrected chi connectivity index (χ3v) is 1.53. The first-order valence-electron chi connectivity index (χ1n) is 3.52. The Balaban J connectivity index is 2.39. The molecule has 4 N–H and O–H groups in total. The Kier molecular flexibility index (Phi) is 2.95. The summed E-state index contributed by atoms with van der Waals surface area (Å²) in [6.07, 6.45) is -1.76. The summed E-state index contributed by atoms with van der Waals surface area (Å²) in [5.74, 6) is -0.384. The Morgan fingerprint density at radius 3 is 3.09 bits per heavy atom. The van der Waals surface area contributed by atoms with Crippen molar-refractivity contribution >= 4 is 5.78 Å². The van der Waals surface area contributed by atoms with Gasteiger partial charge in [0.2, 0.25) is 5.78 Å². The van der Waals surface area contributed by atoms with Crippen LogP contribution in [-0.4, -0.2) is 42.9 Å². The number of carbonyl (C=O) groups is 1. The van der Waals surface area contributed by atoms with Gasteiger partial charge in [-0.15, -0.1) is 0 Å². The number of aliphatic hydroxyl groups is 1. The van der Waals surface area contributed by atoms with Crippen LogP contribution in [0, 0.1) is 0 Å². The number of carbonyl (C=O) groups excluding carboxylic acids is 1. The molecule has 1 aliphatic heterocycles. The predicted octanol–water partition coefficient (Wildman–Crippen LogP) is -2.18. The molecule has 1 fully saturated rings. The van der Waals surface area contributed by atoms with Crippen LogP contribution in [0.1, 0.15) is 0 Å². The van der Waals surface area contributed by atoms with Crippen LogP contribution < -0.4 is 11.1 Å². The Morgan fingerprint density at radius 1 is 1.91 bits per heavy atom. The maximum atomic E-state index is 11.1. The molecule has 0 aromatic rings. The highest BCUT2D eigenvalue weighted by Crippen LogP contribution is 1.99. The van der Waals surface area contributed by atoms with Gasteiger partial charge in [-0.25, -0.2) is 0 Å². The van der Waals surface area contributed by atoms with Gasteiger partial charge < -0.3 is 15.6 Å². The molecule has 0 aliphatic carbocycles. The van der Waals surface area contributed by atoms with Gasteiger partial charge >= 0.3 is 0 Å². The number of nitrogens with two attached hydrogens (primary N) is 1. The van der Waals surface area contributed by atoms with Gasteiger partial charge in [0.05, 0.1) is 6.61 Å². The lowest BCUT2D eigenvalue weighted by Gasteiger charge is -2.11. The minimum atomic E-state index is -1.11. The largest absolute Gasteiger partial charge is 0.384 e. The summed E-state index contributed by atoms with van der Waals surface area (Å²) in [6.45, 7) is 1.10. The van der Waals surface area contributed by atoms with Crippen LogP contribution in [0.5, 0.6) is 0 Å². The molecule has 64 valence electrons. The molecule has 0 bridgehead atoms. The summed E-state index contributed by atoms with van der Waals surface area (Å²) >= 11 is 0. The van der Waals surface area contributed by atoms with Crippen LogP contribution in [0.3, 0.4) is 0 Å². The Bertz CT molecular complexity index is 145. The number of hydrogen-bond acceptors (Lipinski definition) is 5. The van der Waals surface area contributed by atoms with Gasteiger partial charge in [-0.3, -0.25) is 10.1 Å². The van der Waals surface area contributed by atoms with Gasteiger partial charge in [0.15, 0.2) is 6.23 Å². The van der Waals surface area contributed by atoms with E-state index in [1.54, 1.807) is 0 Å². The lowest BCUT2D eigenvalue weighted by Crippen LogP contribution is -2.42. The molecular weight excluding hydrogens is 148 g/mol. The molecule has 2 atom stereocenters. The molecule has 1 heterocycles. The third-order valence-electron chi connectivity index (χ3n) is 1.53. The van der Waals surface area contributed by atoms with E-state index in [1.807, 2.05) is 0 Å². The second kappa shape index (κ2) is 3.77. The second-order valence-corrected chi connectivity index (χ2v) is 2.36. The number of Topliss-reactive ketones (excluding diaryl/α,β-unsaturated/α-hetero) is 1. The van der Waals surface area contributed by atoms with Crippen LogP contribution in [0.4, 0.5) is 0 Å². The highest BCUT2D eigenvalue weighted by Gasteiger charge is 2.27. The van der Waals surface area contributed by atoms with Crippen molar-refractivity contribution in [2.45, 2.75) is 12.3 Å². The summed E-state index contributed by atoms with van der Waals surface area (Å²) in [5.41, 5.74) is 5.09. The number of ether oxygens (including phenoxy) is 1. The first-order chi connectivity index (χ1) is 5.25. The Hall–Kier alpha value is -0.490. The summed E-state index contributed by atoms with van der Waals surface area (Å²) in [6, 6.07) is 0. The second-order valence-electron chi connectivity index (χ2n) is 2.36. The van der Waals surface area contributed by atoms with Crippen molar-refractivity contribution < 1.29 is 14.6 Å². The fourth-order valence-electron chi connectivity index (χ4n) is 0.899. The Labute approximate surface area is 64.5 Å². The minimum absolute atomic E-state index is 0.0552. The van der Waals surface area contributed by atoms with Crippen LogP contribution in [0.2, 0.25) is 0 Å². The van der Waals surface area contributed by atoms with E-state index in [9.17, 15) is 4.79 Å². The fraction of sp³-hybridized carbons (Fsp3) is 0.833. The van der Waals surface area contributed by atoms with Crippen LogP contribution >= 0.6 is 0 Å². The van der Waals surface area contributed by atoms with Gasteiger partial charge in [0.25, 0.3) is 0 Å². The average molecular weight is 160 g/mol. The maximum Gasteiger partial charge on any atom is 0.205 e. The van der Waals surface area contributed by atoms with Crippen molar-refractivity contribution in [2.75, 3.05) is 19.7 Å². The number of rotatable bonds is 3. The van der Waals surface area contributed by atoms with Gasteiger partial charge in [-0.2, -0.15) is 0 Å². The van der Waals surface area contributed by atoms with Crippen molar-refractivity contribution in [3.63, 3.8) is 0 Å². The zero-order chi connectivity index (χ0) is 8.27. The highest BCUT2D eigenvalue weighted by atomic mass is 16.5. The normalized spacial score (nSPS) is 26.9. The fourth-order valence-corrected chi connectivity index (χ4v) is 0.899. The predicted molar refractivity (Wildman–Crippen MR) is 37.8 cm³/mol. The quantitative estimate of drug-likeness (QED) is 0.437. The number of ketones is 1. The Morgan fingerprint density at radius 2 is 2.64 bits per heavy atom. The standard InChI is InChI=1S/C6H12N2O3/c7-3-4(9)5(10)6-8-1-2-11-6/h4,6,8-9H,1-3,7H2. The molecule has 5 nitrogen and oxygen atoms in total. The number of hydrogen-bond donors (Lipinski definition) is 3. The summed E-state index contributed by atoms with van der Waals surface area (Å²) in [5, 5.41) is 11.8. The molecule has 0 aromatic carbocycles. The lowest BCUT2D eigenvalue weighted by molar-refractivity contribution is -0.136. The summed E-state index contributed by atoms with van der Waals surface area (Å²) < 4.78 is 4.96. The summed E-state index contributed by atoms with van der Waals surface area (Å²) in [4.78, 5) is 11.1. The molecule has 0 radical (unpaired) electrons. The zero-order valence-corrected chi connectivity index (χ0v) is 6.12.